The first-order valence-corrected chi connectivity index (χ1v) is 11.2. The highest BCUT2D eigenvalue weighted by atomic mass is 32.2. The lowest BCUT2D eigenvalue weighted by molar-refractivity contribution is -0.137. The molecule has 4 nitrogen and oxygen atoms in total. The Kier molecular flexibility index (Phi) is 6.14. The number of aliphatic carboxylic acids is 1. The predicted molar refractivity (Wildman–Crippen MR) is 122 cm³/mol. The molecule has 1 heterocycles. The first-order chi connectivity index (χ1) is 15.0. The van der Waals surface area contributed by atoms with Crippen molar-refractivity contribution in [1.29, 1.82) is 0 Å². The van der Waals surface area contributed by atoms with Crippen LogP contribution in [0.15, 0.2) is 82.6 Å². The first-order valence-electron chi connectivity index (χ1n) is 10.4. The third-order valence-corrected chi connectivity index (χ3v) is 6.89. The molecule has 0 saturated carbocycles. The van der Waals surface area contributed by atoms with Gasteiger partial charge in [-0.05, 0) is 53.6 Å². The molecule has 0 fully saturated rings. The van der Waals surface area contributed by atoms with Gasteiger partial charge in [0.1, 0.15) is 0 Å². The number of carboxylic acids is 1. The maximum absolute atomic E-state index is 12.4. The van der Waals surface area contributed by atoms with E-state index in [4.69, 9.17) is 5.11 Å². The molecule has 0 radical (unpaired) electrons. The summed E-state index contributed by atoms with van der Waals surface area (Å²) in [5.41, 5.74) is 3.86. The van der Waals surface area contributed by atoms with Gasteiger partial charge in [0.2, 0.25) is 5.91 Å². The van der Waals surface area contributed by atoms with Gasteiger partial charge < -0.3 is 10.4 Å². The lowest BCUT2D eigenvalue weighted by Gasteiger charge is -2.41. The molecule has 0 unspecified atom stereocenters. The highest BCUT2D eigenvalue weighted by Gasteiger charge is 2.41. The Morgan fingerprint density at radius 3 is 1.87 bits per heavy atom. The molecule has 158 valence electrons. The van der Waals surface area contributed by atoms with E-state index in [-0.39, 0.29) is 12.3 Å². The van der Waals surface area contributed by atoms with Gasteiger partial charge >= 0.3 is 5.97 Å². The second kappa shape index (κ2) is 8.98. The normalized spacial score (nSPS) is 13.7. The van der Waals surface area contributed by atoms with Crippen molar-refractivity contribution in [2.24, 2.45) is 0 Å². The number of carbonyl (C=O) groups excluding carboxylic acids is 1. The van der Waals surface area contributed by atoms with Crippen molar-refractivity contribution in [3.05, 3.63) is 95.1 Å². The van der Waals surface area contributed by atoms with Crippen LogP contribution in [0, 0.1) is 0 Å². The molecule has 1 aliphatic rings. The average Bonchev–Trinajstić information content (AvgIpc) is 2.76. The molecular formula is C26H25NO3S. The smallest absolute Gasteiger partial charge is 0.303 e. The van der Waals surface area contributed by atoms with Gasteiger partial charge in [-0.1, -0.05) is 72.4 Å². The van der Waals surface area contributed by atoms with Crippen molar-refractivity contribution in [2.45, 2.75) is 47.9 Å². The molecule has 5 heteroatoms. The van der Waals surface area contributed by atoms with Crippen LogP contribution in [-0.4, -0.2) is 17.0 Å². The summed E-state index contributed by atoms with van der Waals surface area (Å²) in [7, 11) is 0. The summed E-state index contributed by atoms with van der Waals surface area (Å²) >= 11 is 1.74. The van der Waals surface area contributed by atoms with Gasteiger partial charge in [-0.2, -0.15) is 0 Å². The van der Waals surface area contributed by atoms with Crippen LogP contribution in [-0.2, 0) is 28.0 Å². The van der Waals surface area contributed by atoms with E-state index in [1.165, 1.54) is 9.79 Å². The molecule has 0 atom stereocenters. The van der Waals surface area contributed by atoms with Crippen molar-refractivity contribution in [1.82, 2.24) is 5.32 Å². The van der Waals surface area contributed by atoms with Crippen LogP contribution in [0.2, 0.25) is 0 Å². The van der Waals surface area contributed by atoms with Crippen LogP contribution in [0.1, 0.15) is 42.0 Å². The summed E-state index contributed by atoms with van der Waals surface area (Å²) in [5.74, 6) is -0.839. The Morgan fingerprint density at radius 2 is 1.35 bits per heavy atom. The zero-order chi connectivity index (χ0) is 21.8. The van der Waals surface area contributed by atoms with Crippen LogP contribution >= 0.6 is 11.8 Å². The lowest BCUT2D eigenvalue weighted by Crippen LogP contribution is -2.48. The highest BCUT2D eigenvalue weighted by Crippen LogP contribution is 2.49. The fraction of sp³-hybridized carbons (Fsp3) is 0.231. The monoisotopic (exact) mass is 431 g/mol. The minimum atomic E-state index is -0.783. The molecule has 0 aromatic heterocycles. The van der Waals surface area contributed by atoms with Gasteiger partial charge in [0, 0.05) is 23.1 Å². The number of benzene rings is 3. The second-order valence-electron chi connectivity index (χ2n) is 7.89. The Labute approximate surface area is 186 Å². The lowest BCUT2D eigenvalue weighted by atomic mass is 9.77. The number of rotatable bonds is 7. The molecule has 3 aromatic carbocycles. The van der Waals surface area contributed by atoms with Gasteiger partial charge in [0.05, 0.1) is 5.54 Å². The third-order valence-electron chi connectivity index (χ3n) is 5.74. The maximum atomic E-state index is 12.4. The number of aryl methyl sites for hydroxylation is 2. The number of hydrogen-bond acceptors (Lipinski definition) is 3. The molecule has 1 amide bonds. The minimum Gasteiger partial charge on any atom is -0.481 e. The van der Waals surface area contributed by atoms with E-state index in [2.05, 4.69) is 41.7 Å². The average molecular weight is 432 g/mol. The van der Waals surface area contributed by atoms with Gasteiger partial charge in [-0.3, -0.25) is 9.59 Å². The molecule has 0 bridgehead atoms. The summed E-state index contributed by atoms with van der Waals surface area (Å²) < 4.78 is 0. The van der Waals surface area contributed by atoms with Crippen molar-refractivity contribution in [2.75, 3.05) is 0 Å². The Bertz CT molecular complexity index is 1060. The van der Waals surface area contributed by atoms with E-state index in [1.807, 2.05) is 36.4 Å². The molecule has 1 aliphatic heterocycles. The summed E-state index contributed by atoms with van der Waals surface area (Å²) in [5, 5.41) is 12.2. The van der Waals surface area contributed by atoms with Crippen molar-refractivity contribution in [3.63, 3.8) is 0 Å². The van der Waals surface area contributed by atoms with Gasteiger partial charge in [-0.15, -0.1) is 0 Å². The van der Waals surface area contributed by atoms with Gasteiger partial charge in [-0.25, -0.2) is 0 Å². The van der Waals surface area contributed by atoms with Crippen LogP contribution in [0.25, 0.3) is 0 Å². The molecule has 4 rings (SSSR count). The Morgan fingerprint density at radius 1 is 0.839 bits per heavy atom. The molecular weight excluding hydrogens is 406 g/mol. The maximum Gasteiger partial charge on any atom is 0.303 e. The molecule has 31 heavy (non-hydrogen) atoms. The summed E-state index contributed by atoms with van der Waals surface area (Å²) in [4.78, 5) is 25.5. The zero-order valence-corrected chi connectivity index (χ0v) is 18.2. The van der Waals surface area contributed by atoms with Crippen molar-refractivity contribution >= 4 is 23.6 Å². The zero-order valence-electron chi connectivity index (χ0n) is 17.4. The topological polar surface area (TPSA) is 66.4 Å². The third kappa shape index (κ3) is 4.52. The number of fused-ring (bicyclic) bond motifs is 2. The standard InChI is InChI=1S/C26H25NO3S/c1-18(28)27-26(17-16-20-12-10-19(11-13-20)14-15-25(29)30)21-6-2-4-8-23(21)31-24-9-5-3-7-22(24)26/h2-13H,14-17H2,1H3,(H,27,28)(H,29,30). The molecule has 2 N–H and O–H groups in total. The van der Waals surface area contributed by atoms with Crippen molar-refractivity contribution in [3.8, 4) is 0 Å². The van der Waals surface area contributed by atoms with E-state index >= 15 is 0 Å². The molecule has 3 aromatic rings. The first kappa shape index (κ1) is 21.2. The number of carbonyl (C=O) groups is 2. The van der Waals surface area contributed by atoms with E-state index < -0.39 is 11.5 Å². The van der Waals surface area contributed by atoms with Crippen LogP contribution < -0.4 is 5.32 Å². The van der Waals surface area contributed by atoms with Crippen LogP contribution in [0.5, 0.6) is 0 Å². The fourth-order valence-electron chi connectivity index (χ4n) is 4.30. The van der Waals surface area contributed by atoms with E-state index in [9.17, 15) is 9.59 Å². The number of carboxylic acid groups (broad SMARTS) is 1. The molecule has 0 aliphatic carbocycles. The molecule has 0 saturated heterocycles. The van der Waals surface area contributed by atoms with Gasteiger partial charge in [0.25, 0.3) is 0 Å². The predicted octanol–water partition coefficient (Wildman–Crippen LogP) is 5.18. The van der Waals surface area contributed by atoms with E-state index in [0.29, 0.717) is 6.42 Å². The SMILES string of the molecule is CC(=O)NC1(CCc2ccc(CCC(=O)O)cc2)c2ccccc2Sc2ccccc21. The summed E-state index contributed by atoms with van der Waals surface area (Å²) in [6.45, 7) is 1.58. The quantitative estimate of drug-likeness (QED) is 0.541. The van der Waals surface area contributed by atoms with Crippen LogP contribution in [0.3, 0.4) is 0 Å². The minimum absolute atomic E-state index is 0.0551. The second-order valence-corrected chi connectivity index (χ2v) is 8.97. The van der Waals surface area contributed by atoms with E-state index in [0.717, 1.165) is 35.1 Å². The fourth-order valence-corrected chi connectivity index (χ4v) is 5.54. The summed E-state index contributed by atoms with van der Waals surface area (Å²) in [6.07, 6.45) is 2.18. The summed E-state index contributed by atoms with van der Waals surface area (Å²) in [6, 6.07) is 24.7. The Balaban J connectivity index is 1.67. The number of hydrogen-bond donors (Lipinski definition) is 2. The highest BCUT2D eigenvalue weighted by molar-refractivity contribution is 7.99. The number of nitrogens with one attached hydrogen (secondary N) is 1. The van der Waals surface area contributed by atoms with Crippen molar-refractivity contribution < 1.29 is 14.7 Å². The van der Waals surface area contributed by atoms with Gasteiger partial charge in [0.15, 0.2) is 0 Å². The molecule has 0 spiro atoms. The van der Waals surface area contributed by atoms with Crippen LogP contribution in [0.4, 0.5) is 0 Å². The Hall–Kier alpha value is -3.05. The van der Waals surface area contributed by atoms with E-state index in [1.54, 1.807) is 18.7 Å². The number of amides is 1. The largest absolute Gasteiger partial charge is 0.481 e.